The zero-order valence-electron chi connectivity index (χ0n) is 16.9. The summed E-state index contributed by atoms with van der Waals surface area (Å²) in [6.07, 6.45) is 1.74. The van der Waals surface area contributed by atoms with Crippen molar-refractivity contribution < 1.29 is 9.59 Å². The van der Waals surface area contributed by atoms with Gasteiger partial charge < -0.3 is 10.2 Å². The van der Waals surface area contributed by atoms with Gasteiger partial charge in [0.15, 0.2) is 5.69 Å². The lowest BCUT2D eigenvalue weighted by molar-refractivity contribution is 0.0782. The van der Waals surface area contributed by atoms with E-state index in [4.69, 9.17) is 0 Å². The molecule has 2 heterocycles. The second-order valence-electron chi connectivity index (χ2n) is 7.21. The van der Waals surface area contributed by atoms with Crippen LogP contribution in [0.4, 0.5) is 5.69 Å². The number of amides is 2. The number of aromatic nitrogens is 2. The molecule has 0 saturated carbocycles. The number of imidazole rings is 1. The van der Waals surface area contributed by atoms with Crippen molar-refractivity contribution in [2.45, 2.75) is 13.5 Å². The SMILES string of the molecule is Cc1cccc(NC(=O)c2nc(C(=O)N(C)Cc3ccccc3)c3ccccn23)c1. The van der Waals surface area contributed by atoms with Crippen LogP contribution in [-0.4, -0.2) is 33.1 Å². The average molecular weight is 398 g/mol. The molecule has 2 aromatic heterocycles. The summed E-state index contributed by atoms with van der Waals surface area (Å²) in [6.45, 7) is 2.41. The first-order valence-electron chi connectivity index (χ1n) is 9.67. The van der Waals surface area contributed by atoms with Gasteiger partial charge in [-0.2, -0.15) is 0 Å². The van der Waals surface area contributed by atoms with Crippen LogP contribution in [0.15, 0.2) is 79.0 Å². The number of carbonyl (C=O) groups excluding carboxylic acids is 2. The van der Waals surface area contributed by atoms with Crippen LogP contribution in [0.1, 0.15) is 32.2 Å². The zero-order chi connectivity index (χ0) is 21.1. The Bertz CT molecular complexity index is 1210. The largest absolute Gasteiger partial charge is 0.336 e. The maximum Gasteiger partial charge on any atom is 0.292 e. The van der Waals surface area contributed by atoms with Gasteiger partial charge in [0, 0.05) is 25.5 Å². The Balaban J connectivity index is 1.65. The van der Waals surface area contributed by atoms with Crippen LogP contribution in [0.5, 0.6) is 0 Å². The first-order chi connectivity index (χ1) is 14.5. The molecule has 4 rings (SSSR count). The Morgan fingerprint density at radius 1 is 1.00 bits per heavy atom. The van der Waals surface area contributed by atoms with Gasteiger partial charge in [0.2, 0.25) is 5.82 Å². The van der Waals surface area contributed by atoms with Crippen molar-refractivity contribution in [3.05, 3.63) is 102 Å². The summed E-state index contributed by atoms with van der Waals surface area (Å²) in [7, 11) is 1.73. The Kier molecular flexibility index (Phi) is 5.30. The second kappa shape index (κ2) is 8.21. The molecule has 0 aliphatic heterocycles. The van der Waals surface area contributed by atoms with Crippen molar-refractivity contribution in [3.63, 3.8) is 0 Å². The average Bonchev–Trinajstić information content (AvgIpc) is 3.14. The van der Waals surface area contributed by atoms with Crippen molar-refractivity contribution in [2.24, 2.45) is 0 Å². The van der Waals surface area contributed by atoms with Gasteiger partial charge in [-0.25, -0.2) is 4.98 Å². The Morgan fingerprint density at radius 3 is 2.53 bits per heavy atom. The van der Waals surface area contributed by atoms with Gasteiger partial charge in [-0.1, -0.05) is 48.5 Å². The van der Waals surface area contributed by atoms with E-state index in [1.807, 2.05) is 67.6 Å². The standard InChI is InChI=1S/C24H22N4O2/c1-17-9-8-12-19(15-17)25-23(29)22-26-21(20-13-6-7-14-28(20)22)24(30)27(2)16-18-10-4-3-5-11-18/h3-15H,16H2,1-2H3,(H,25,29). The van der Waals surface area contributed by atoms with E-state index in [1.54, 1.807) is 34.7 Å². The minimum Gasteiger partial charge on any atom is -0.336 e. The van der Waals surface area contributed by atoms with Crippen LogP contribution in [0.2, 0.25) is 0 Å². The Morgan fingerprint density at radius 2 is 1.77 bits per heavy atom. The molecule has 6 heteroatoms. The normalized spacial score (nSPS) is 10.7. The maximum absolute atomic E-state index is 13.1. The molecular weight excluding hydrogens is 376 g/mol. The van der Waals surface area contributed by atoms with E-state index < -0.39 is 0 Å². The van der Waals surface area contributed by atoms with E-state index in [0.717, 1.165) is 11.1 Å². The highest BCUT2D eigenvalue weighted by molar-refractivity contribution is 6.06. The predicted molar refractivity (Wildman–Crippen MR) is 117 cm³/mol. The predicted octanol–water partition coefficient (Wildman–Crippen LogP) is 4.17. The van der Waals surface area contributed by atoms with E-state index >= 15 is 0 Å². The van der Waals surface area contributed by atoms with Crippen LogP contribution in [0, 0.1) is 6.92 Å². The van der Waals surface area contributed by atoms with Crippen molar-refractivity contribution >= 4 is 23.0 Å². The molecule has 0 radical (unpaired) electrons. The first-order valence-corrected chi connectivity index (χ1v) is 9.67. The number of anilines is 1. The monoisotopic (exact) mass is 398 g/mol. The molecule has 0 spiro atoms. The van der Waals surface area contributed by atoms with Gasteiger partial charge in [0.1, 0.15) is 0 Å². The van der Waals surface area contributed by atoms with Crippen LogP contribution < -0.4 is 5.32 Å². The molecule has 2 aromatic carbocycles. The van der Waals surface area contributed by atoms with Crippen LogP contribution >= 0.6 is 0 Å². The molecule has 0 aliphatic carbocycles. The molecule has 0 atom stereocenters. The first kappa shape index (κ1) is 19.4. The fraction of sp³-hybridized carbons (Fsp3) is 0.125. The lowest BCUT2D eigenvalue weighted by Crippen LogP contribution is -2.26. The lowest BCUT2D eigenvalue weighted by Gasteiger charge is -2.16. The molecule has 30 heavy (non-hydrogen) atoms. The second-order valence-corrected chi connectivity index (χ2v) is 7.21. The summed E-state index contributed by atoms with van der Waals surface area (Å²) in [4.78, 5) is 32.1. The quantitative estimate of drug-likeness (QED) is 0.549. The molecule has 4 aromatic rings. The number of nitrogens with zero attached hydrogens (tertiary/aromatic N) is 3. The van der Waals surface area contributed by atoms with Gasteiger partial charge >= 0.3 is 0 Å². The number of rotatable bonds is 5. The highest BCUT2D eigenvalue weighted by Gasteiger charge is 2.23. The van der Waals surface area contributed by atoms with Gasteiger partial charge in [-0.3, -0.25) is 14.0 Å². The molecule has 0 unspecified atom stereocenters. The van der Waals surface area contributed by atoms with E-state index in [0.29, 0.717) is 17.7 Å². The summed E-state index contributed by atoms with van der Waals surface area (Å²) in [5.74, 6) is -0.438. The number of hydrogen-bond donors (Lipinski definition) is 1. The number of aryl methyl sites for hydroxylation is 1. The van der Waals surface area contributed by atoms with Crippen LogP contribution in [0.25, 0.3) is 5.52 Å². The molecule has 0 saturated heterocycles. The topological polar surface area (TPSA) is 66.7 Å². The number of fused-ring (bicyclic) bond motifs is 1. The van der Waals surface area contributed by atoms with Crippen molar-refractivity contribution in [1.82, 2.24) is 14.3 Å². The Hall–Kier alpha value is -3.93. The van der Waals surface area contributed by atoms with Gasteiger partial charge in [-0.05, 0) is 42.3 Å². The molecule has 0 aliphatic rings. The third-order valence-corrected chi connectivity index (χ3v) is 4.84. The minimum absolute atomic E-state index is 0.170. The van der Waals surface area contributed by atoms with Gasteiger partial charge in [0.25, 0.3) is 11.8 Å². The number of carbonyl (C=O) groups is 2. The van der Waals surface area contributed by atoms with Gasteiger partial charge in [0.05, 0.1) is 5.52 Å². The van der Waals surface area contributed by atoms with E-state index in [2.05, 4.69) is 10.3 Å². The Labute approximate surface area is 174 Å². The van der Waals surface area contributed by atoms with E-state index in [1.165, 1.54) is 0 Å². The molecule has 150 valence electrons. The van der Waals surface area contributed by atoms with Crippen molar-refractivity contribution in [1.29, 1.82) is 0 Å². The number of nitrogens with one attached hydrogen (secondary N) is 1. The summed E-state index contributed by atoms with van der Waals surface area (Å²) >= 11 is 0. The summed E-state index contributed by atoms with van der Waals surface area (Å²) in [5, 5.41) is 2.87. The summed E-state index contributed by atoms with van der Waals surface area (Å²) < 4.78 is 1.65. The highest BCUT2D eigenvalue weighted by atomic mass is 16.2. The summed E-state index contributed by atoms with van der Waals surface area (Å²) in [5.41, 5.74) is 3.59. The summed E-state index contributed by atoms with van der Waals surface area (Å²) in [6, 6.07) is 22.7. The molecule has 2 amide bonds. The molecule has 0 fully saturated rings. The fourth-order valence-corrected chi connectivity index (χ4v) is 3.38. The molecular formula is C24H22N4O2. The highest BCUT2D eigenvalue weighted by Crippen LogP contribution is 2.18. The van der Waals surface area contributed by atoms with Crippen LogP contribution in [-0.2, 0) is 6.54 Å². The maximum atomic E-state index is 13.1. The van der Waals surface area contributed by atoms with Crippen molar-refractivity contribution in [2.75, 3.05) is 12.4 Å². The number of hydrogen-bond acceptors (Lipinski definition) is 3. The van der Waals surface area contributed by atoms with E-state index in [-0.39, 0.29) is 23.3 Å². The fourth-order valence-electron chi connectivity index (χ4n) is 3.38. The number of benzene rings is 2. The molecule has 6 nitrogen and oxygen atoms in total. The third kappa shape index (κ3) is 3.93. The van der Waals surface area contributed by atoms with Crippen LogP contribution in [0.3, 0.4) is 0 Å². The van der Waals surface area contributed by atoms with Crippen molar-refractivity contribution in [3.8, 4) is 0 Å². The molecule has 1 N–H and O–H groups in total. The third-order valence-electron chi connectivity index (χ3n) is 4.84. The smallest absolute Gasteiger partial charge is 0.292 e. The molecule has 0 bridgehead atoms. The zero-order valence-corrected chi connectivity index (χ0v) is 16.9. The van der Waals surface area contributed by atoms with Gasteiger partial charge in [-0.15, -0.1) is 0 Å². The number of pyridine rings is 1. The van der Waals surface area contributed by atoms with E-state index in [9.17, 15) is 9.59 Å². The lowest BCUT2D eigenvalue weighted by atomic mass is 10.2. The minimum atomic E-state index is -0.369.